The van der Waals surface area contributed by atoms with Crippen molar-refractivity contribution in [2.45, 2.75) is 23.5 Å². The van der Waals surface area contributed by atoms with Crippen molar-refractivity contribution in [2.24, 2.45) is 0 Å². The van der Waals surface area contributed by atoms with Gasteiger partial charge in [-0.1, -0.05) is 15.9 Å². The summed E-state index contributed by atoms with van der Waals surface area (Å²) in [5.41, 5.74) is 0. The van der Waals surface area contributed by atoms with Gasteiger partial charge in [0.2, 0.25) is 5.91 Å². The number of rotatable bonds is 6. The molecule has 1 atom stereocenters. The lowest BCUT2D eigenvalue weighted by Gasteiger charge is -2.23. The number of halogens is 1. The van der Waals surface area contributed by atoms with E-state index in [9.17, 15) is 17.4 Å². The number of sulfone groups is 1. The van der Waals surface area contributed by atoms with Crippen LogP contribution in [0.4, 0.5) is 0 Å². The van der Waals surface area contributed by atoms with Crippen LogP contribution in [-0.2, 0) is 25.4 Å². The number of hydrogen-bond acceptors (Lipinski definition) is 4. The minimum absolute atomic E-state index is 0.0879. The average Bonchev–Trinajstić information content (AvgIpc) is 2.38. The van der Waals surface area contributed by atoms with E-state index in [0.717, 1.165) is 4.47 Å². The molecular formula is C13H18BrNO4S2. The first-order chi connectivity index (χ1) is 9.59. The predicted molar refractivity (Wildman–Crippen MR) is 87.3 cm³/mol. The van der Waals surface area contributed by atoms with Gasteiger partial charge in [0.1, 0.15) is 4.75 Å². The van der Waals surface area contributed by atoms with Crippen LogP contribution < -0.4 is 5.32 Å². The van der Waals surface area contributed by atoms with Gasteiger partial charge in [-0.15, -0.1) is 0 Å². The summed E-state index contributed by atoms with van der Waals surface area (Å²) >= 11 is 3.24. The van der Waals surface area contributed by atoms with E-state index in [1.165, 1.54) is 32.2 Å². The van der Waals surface area contributed by atoms with Gasteiger partial charge in [-0.2, -0.15) is 0 Å². The van der Waals surface area contributed by atoms with Crippen LogP contribution >= 0.6 is 15.9 Å². The Balaban J connectivity index is 2.96. The Hall–Kier alpha value is -0.730. The van der Waals surface area contributed by atoms with Gasteiger partial charge in [0.05, 0.1) is 4.90 Å². The van der Waals surface area contributed by atoms with Crippen LogP contribution in [0.3, 0.4) is 0 Å². The fraction of sp³-hybridized carbons (Fsp3) is 0.462. The number of benzene rings is 1. The molecule has 21 heavy (non-hydrogen) atoms. The van der Waals surface area contributed by atoms with Crippen molar-refractivity contribution < 1.29 is 17.4 Å². The third-order valence-corrected chi connectivity index (χ3v) is 6.75. The third kappa shape index (κ3) is 4.37. The van der Waals surface area contributed by atoms with Crippen molar-refractivity contribution in [1.29, 1.82) is 0 Å². The fourth-order valence-corrected chi connectivity index (χ4v) is 3.61. The first kappa shape index (κ1) is 18.3. The molecule has 0 radical (unpaired) electrons. The summed E-state index contributed by atoms with van der Waals surface area (Å²) in [5.74, 6) is -0.309. The van der Waals surface area contributed by atoms with E-state index in [0.29, 0.717) is 5.75 Å². The van der Waals surface area contributed by atoms with Gasteiger partial charge in [0.15, 0.2) is 9.84 Å². The molecule has 0 aliphatic rings. The first-order valence-corrected chi connectivity index (χ1v) is 10.2. The van der Waals surface area contributed by atoms with Crippen LogP contribution in [0.5, 0.6) is 0 Å². The van der Waals surface area contributed by atoms with Crippen LogP contribution in [0.25, 0.3) is 0 Å². The summed E-state index contributed by atoms with van der Waals surface area (Å²) in [6, 6.07) is 6.13. The van der Waals surface area contributed by atoms with Gasteiger partial charge >= 0.3 is 0 Å². The molecule has 0 bridgehead atoms. The highest BCUT2D eigenvalue weighted by Gasteiger charge is 2.42. The molecule has 0 aliphatic heterocycles. The van der Waals surface area contributed by atoms with E-state index in [2.05, 4.69) is 21.2 Å². The molecule has 0 saturated carbocycles. The smallest absolute Gasteiger partial charge is 0.241 e. The summed E-state index contributed by atoms with van der Waals surface area (Å²) < 4.78 is 35.3. The Labute approximate surface area is 136 Å². The molecule has 5 nitrogen and oxygen atoms in total. The minimum atomic E-state index is -3.81. The lowest BCUT2D eigenvalue weighted by molar-refractivity contribution is -0.122. The predicted octanol–water partition coefficient (Wildman–Crippen LogP) is 1.50. The highest BCUT2D eigenvalue weighted by atomic mass is 79.9. The van der Waals surface area contributed by atoms with Gasteiger partial charge in [-0.05, 0) is 38.1 Å². The lowest BCUT2D eigenvalue weighted by atomic mass is 10.2. The molecule has 118 valence electrons. The van der Waals surface area contributed by atoms with Gasteiger partial charge in [-0.25, -0.2) is 8.42 Å². The van der Waals surface area contributed by atoms with Crippen molar-refractivity contribution >= 4 is 42.5 Å². The molecule has 1 N–H and O–H groups in total. The molecule has 1 amide bonds. The normalized spacial score (nSPS) is 13.7. The zero-order chi connectivity index (χ0) is 16.3. The maximum atomic E-state index is 12.6. The molecule has 0 aromatic heterocycles. The SMILES string of the molecule is CS(=O)CCNC(=O)C(C)(C)S(=O)(=O)c1ccc(Br)cc1. The lowest BCUT2D eigenvalue weighted by Crippen LogP contribution is -2.48. The van der Waals surface area contributed by atoms with Crippen molar-refractivity contribution in [3.63, 3.8) is 0 Å². The molecular weight excluding hydrogens is 378 g/mol. The number of carbonyl (C=O) groups is 1. The highest BCUT2D eigenvalue weighted by Crippen LogP contribution is 2.26. The van der Waals surface area contributed by atoms with Crippen molar-refractivity contribution in [2.75, 3.05) is 18.6 Å². The maximum absolute atomic E-state index is 12.6. The van der Waals surface area contributed by atoms with Crippen LogP contribution in [0, 0.1) is 0 Å². The molecule has 1 aromatic carbocycles. The average molecular weight is 396 g/mol. The van der Waals surface area contributed by atoms with Crippen molar-refractivity contribution in [3.8, 4) is 0 Å². The molecule has 1 rings (SSSR count). The largest absolute Gasteiger partial charge is 0.354 e. The maximum Gasteiger partial charge on any atom is 0.241 e. The molecule has 0 fully saturated rings. The molecule has 1 aromatic rings. The number of hydrogen-bond donors (Lipinski definition) is 1. The second kappa shape index (κ2) is 7.02. The summed E-state index contributed by atoms with van der Waals surface area (Å²) in [6.45, 7) is 2.91. The van der Waals surface area contributed by atoms with Crippen LogP contribution in [-0.4, -0.2) is 41.8 Å². The Bertz CT molecular complexity index is 639. The Kier molecular flexibility index (Phi) is 6.12. The fourth-order valence-electron chi connectivity index (χ4n) is 1.55. The van der Waals surface area contributed by atoms with Gasteiger partial charge in [0, 0.05) is 33.8 Å². The van der Waals surface area contributed by atoms with Gasteiger partial charge in [0.25, 0.3) is 0 Å². The quantitative estimate of drug-likeness (QED) is 0.790. The third-order valence-electron chi connectivity index (χ3n) is 3.02. The Morgan fingerprint density at radius 1 is 1.29 bits per heavy atom. The highest BCUT2D eigenvalue weighted by molar-refractivity contribution is 9.10. The minimum Gasteiger partial charge on any atom is -0.354 e. The Morgan fingerprint density at radius 3 is 2.29 bits per heavy atom. The van der Waals surface area contributed by atoms with Gasteiger partial charge < -0.3 is 5.32 Å². The summed E-state index contributed by atoms with van der Waals surface area (Å²) in [6.07, 6.45) is 1.52. The topological polar surface area (TPSA) is 80.3 Å². The summed E-state index contributed by atoms with van der Waals surface area (Å²) in [5, 5.41) is 2.52. The monoisotopic (exact) mass is 395 g/mol. The van der Waals surface area contributed by atoms with Crippen molar-refractivity contribution in [3.05, 3.63) is 28.7 Å². The van der Waals surface area contributed by atoms with E-state index in [4.69, 9.17) is 0 Å². The second-order valence-electron chi connectivity index (χ2n) is 5.00. The van der Waals surface area contributed by atoms with Crippen LogP contribution in [0.2, 0.25) is 0 Å². The van der Waals surface area contributed by atoms with Crippen molar-refractivity contribution in [1.82, 2.24) is 5.32 Å². The number of carbonyl (C=O) groups excluding carboxylic acids is 1. The molecule has 0 heterocycles. The summed E-state index contributed by atoms with van der Waals surface area (Å²) in [4.78, 5) is 12.2. The molecule has 0 aliphatic carbocycles. The van der Waals surface area contributed by atoms with E-state index in [1.807, 2.05) is 0 Å². The van der Waals surface area contributed by atoms with E-state index in [-0.39, 0.29) is 11.4 Å². The standard InChI is InChI=1S/C13H18BrNO4S2/c1-13(2,12(16)15-8-9-20(3)17)21(18,19)11-6-4-10(14)5-7-11/h4-7H,8-9H2,1-3H3,(H,15,16). The zero-order valence-electron chi connectivity index (χ0n) is 12.1. The van der Waals surface area contributed by atoms with Crippen LogP contribution in [0.1, 0.15) is 13.8 Å². The molecule has 0 saturated heterocycles. The zero-order valence-corrected chi connectivity index (χ0v) is 15.3. The van der Waals surface area contributed by atoms with E-state index in [1.54, 1.807) is 12.1 Å². The van der Waals surface area contributed by atoms with Gasteiger partial charge in [-0.3, -0.25) is 9.00 Å². The first-order valence-electron chi connectivity index (χ1n) is 6.17. The number of nitrogens with one attached hydrogen (secondary N) is 1. The molecule has 1 unspecified atom stereocenters. The molecule has 8 heteroatoms. The van der Waals surface area contributed by atoms with E-state index >= 15 is 0 Å². The van der Waals surface area contributed by atoms with E-state index < -0.39 is 31.3 Å². The van der Waals surface area contributed by atoms with Crippen LogP contribution in [0.15, 0.2) is 33.6 Å². The summed E-state index contributed by atoms with van der Waals surface area (Å²) in [7, 11) is -4.85. The second-order valence-corrected chi connectivity index (χ2v) is 9.97. The molecule has 0 spiro atoms. The Morgan fingerprint density at radius 2 is 1.81 bits per heavy atom. The number of amides is 1.